The molecule has 0 saturated carbocycles. The van der Waals surface area contributed by atoms with Gasteiger partial charge in [-0.05, 0) is 84.9 Å². The average Bonchev–Trinajstić information content (AvgIpc) is 3.72. The van der Waals surface area contributed by atoms with Crippen LogP contribution in [0.3, 0.4) is 0 Å². The van der Waals surface area contributed by atoms with E-state index in [1.54, 1.807) is 42.5 Å². The number of halogens is 8. The number of alkyl halides is 6. The van der Waals surface area contributed by atoms with Gasteiger partial charge in [0.25, 0.3) is 0 Å². The SMILES string of the molecule is NS(=O)(=O)c1ccc(-n2nc(C(F)(F)F)cc2-c2ccc(Br)cc2)cc1.NS(=O)(=O)c1ccc(-n2nc(C(F)(F)F)cc2-c2cccc(Cl)c2)cc1. The highest BCUT2D eigenvalue weighted by Crippen LogP contribution is 2.35. The van der Waals surface area contributed by atoms with Crippen molar-refractivity contribution in [1.29, 1.82) is 0 Å². The second kappa shape index (κ2) is 14.5. The van der Waals surface area contributed by atoms with Crippen LogP contribution in [0.5, 0.6) is 0 Å². The first-order valence-electron chi connectivity index (χ1n) is 14.2. The predicted molar refractivity (Wildman–Crippen MR) is 183 cm³/mol. The van der Waals surface area contributed by atoms with Gasteiger partial charge in [-0.2, -0.15) is 36.5 Å². The lowest BCUT2D eigenvalue weighted by Gasteiger charge is -2.09. The largest absolute Gasteiger partial charge is 0.435 e. The maximum Gasteiger partial charge on any atom is 0.435 e. The lowest BCUT2D eigenvalue weighted by molar-refractivity contribution is -0.142. The molecule has 0 amide bonds. The summed E-state index contributed by atoms with van der Waals surface area (Å²) in [6.07, 6.45) is -9.25. The molecule has 4 aromatic carbocycles. The summed E-state index contributed by atoms with van der Waals surface area (Å²) in [6.45, 7) is 0. The van der Waals surface area contributed by atoms with E-state index in [0.717, 1.165) is 26.0 Å². The number of aromatic nitrogens is 4. The maximum absolute atomic E-state index is 13.1. The summed E-state index contributed by atoms with van der Waals surface area (Å²) in [5.74, 6) is 0. The molecule has 6 rings (SSSR count). The van der Waals surface area contributed by atoms with Crippen LogP contribution in [-0.4, -0.2) is 36.4 Å². The molecule has 0 fully saturated rings. The van der Waals surface area contributed by atoms with Crippen molar-refractivity contribution < 1.29 is 43.2 Å². The summed E-state index contributed by atoms with van der Waals surface area (Å²) >= 11 is 9.20. The van der Waals surface area contributed by atoms with Gasteiger partial charge in [-0.15, -0.1) is 0 Å². The molecule has 0 aliphatic rings. The van der Waals surface area contributed by atoms with Crippen LogP contribution in [0.25, 0.3) is 33.9 Å². The van der Waals surface area contributed by atoms with Gasteiger partial charge < -0.3 is 0 Å². The third-order valence-electron chi connectivity index (χ3n) is 7.08. The minimum absolute atomic E-state index is 0.144. The highest BCUT2D eigenvalue weighted by Gasteiger charge is 2.36. The van der Waals surface area contributed by atoms with Gasteiger partial charge in [0.05, 0.1) is 32.6 Å². The molecule has 6 aromatic rings. The molecule has 272 valence electrons. The van der Waals surface area contributed by atoms with E-state index in [4.69, 9.17) is 21.9 Å². The molecule has 0 saturated heterocycles. The van der Waals surface area contributed by atoms with Crippen LogP contribution >= 0.6 is 27.5 Å². The predicted octanol–water partition coefficient (Wildman–Crippen LogP) is 7.83. The Labute approximate surface area is 305 Å². The summed E-state index contributed by atoms with van der Waals surface area (Å²) in [4.78, 5) is -0.302. The van der Waals surface area contributed by atoms with Gasteiger partial charge in [0.15, 0.2) is 11.4 Å². The van der Waals surface area contributed by atoms with Crippen molar-refractivity contribution in [2.24, 2.45) is 10.3 Å². The molecule has 2 aromatic heterocycles. The zero-order valence-corrected chi connectivity index (χ0v) is 29.8. The molecule has 0 unspecified atom stereocenters. The van der Waals surface area contributed by atoms with E-state index in [1.165, 1.54) is 54.6 Å². The molecule has 2 heterocycles. The Kier molecular flexibility index (Phi) is 10.8. The zero-order chi connectivity index (χ0) is 38.2. The first kappa shape index (κ1) is 38.7. The number of nitrogens with two attached hydrogens (primary N) is 2. The molecule has 52 heavy (non-hydrogen) atoms. The summed E-state index contributed by atoms with van der Waals surface area (Å²) < 4.78 is 127. The van der Waals surface area contributed by atoms with Gasteiger partial charge in [-0.25, -0.2) is 36.5 Å². The Hall–Kier alpha value is -4.53. The zero-order valence-electron chi connectivity index (χ0n) is 25.8. The summed E-state index contributed by atoms with van der Waals surface area (Å²) in [5, 5.41) is 17.7. The van der Waals surface area contributed by atoms with Crippen LogP contribution in [0.2, 0.25) is 5.02 Å². The fourth-order valence-corrected chi connectivity index (χ4v) is 6.15. The molecule has 4 N–H and O–H groups in total. The Morgan fingerprint density at radius 2 is 0.981 bits per heavy atom. The third kappa shape index (κ3) is 9.09. The number of rotatable bonds is 6. The number of hydrogen-bond acceptors (Lipinski definition) is 6. The van der Waals surface area contributed by atoms with Crippen molar-refractivity contribution in [3.05, 3.63) is 130 Å². The summed E-state index contributed by atoms with van der Waals surface area (Å²) in [5.41, 5.74) is -0.304. The molecule has 0 spiro atoms. The Balaban J connectivity index is 0.000000201. The van der Waals surface area contributed by atoms with Crippen molar-refractivity contribution in [2.45, 2.75) is 22.1 Å². The van der Waals surface area contributed by atoms with E-state index < -0.39 is 43.8 Å². The Morgan fingerprint density at radius 3 is 1.35 bits per heavy atom. The van der Waals surface area contributed by atoms with Crippen LogP contribution in [-0.2, 0) is 32.4 Å². The van der Waals surface area contributed by atoms with Crippen LogP contribution in [0, 0.1) is 0 Å². The van der Waals surface area contributed by atoms with E-state index in [9.17, 15) is 43.2 Å². The fraction of sp³-hybridized carbons (Fsp3) is 0.0625. The summed E-state index contributed by atoms with van der Waals surface area (Å²) in [7, 11) is -7.82. The number of sulfonamides is 2. The Morgan fingerprint density at radius 1 is 0.577 bits per heavy atom. The smallest absolute Gasteiger partial charge is 0.233 e. The van der Waals surface area contributed by atoms with E-state index in [-0.39, 0.29) is 32.6 Å². The highest BCUT2D eigenvalue weighted by molar-refractivity contribution is 9.10. The topological polar surface area (TPSA) is 156 Å². The van der Waals surface area contributed by atoms with Crippen molar-refractivity contribution in [1.82, 2.24) is 19.6 Å². The number of benzene rings is 4. The van der Waals surface area contributed by atoms with Crippen LogP contribution in [0.1, 0.15) is 11.4 Å². The van der Waals surface area contributed by atoms with Crippen LogP contribution in [0.15, 0.2) is 123 Å². The second-order valence-electron chi connectivity index (χ2n) is 10.7. The molecule has 0 aliphatic heterocycles. The van der Waals surface area contributed by atoms with Crippen LogP contribution < -0.4 is 10.3 Å². The quantitative estimate of drug-likeness (QED) is 0.163. The second-order valence-corrected chi connectivity index (χ2v) is 15.2. The fourth-order valence-electron chi connectivity index (χ4n) is 4.67. The third-order valence-corrected chi connectivity index (χ3v) is 9.70. The van der Waals surface area contributed by atoms with E-state index >= 15 is 0 Å². The number of hydrogen-bond donors (Lipinski definition) is 2. The van der Waals surface area contributed by atoms with Gasteiger partial charge in [-0.1, -0.05) is 51.8 Å². The highest BCUT2D eigenvalue weighted by atomic mass is 79.9. The van der Waals surface area contributed by atoms with E-state index in [2.05, 4.69) is 26.1 Å². The molecule has 20 heteroatoms. The average molecular weight is 848 g/mol. The van der Waals surface area contributed by atoms with Gasteiger partial charge in [0.2, 0.25) is 20.0 Å². The molecule has 10 nitrogen and oxygen atoms in total. The van der Waals surface area contributed by atoms with Crippen molar-refractivity contribution in [3.63, 3.8) is 0 Å². The lowest BCUT2D eigenvalue weighted by Crippen LogP contribution is -2.12. The van der Waals surface area contributed by atoms with E-state index in [1.807, 2.05) is 0 Å². The Bertz CT molecular complexity index is 2450. The van der Waals surface area contributed by atoms with Crippen molar-refractivity contribution in [2.75, 3.05) is 0 Å². The molecule has 0 aliphatic carbocycles. The van der Waals surface area contributed by atoms with Crippen LogP contribution in [0.4, 0.5) is 26.3 Å². The van der Waals surface area contributed by atoms with Gasteiger partial charge in [0, 0.05) is 20.6 Å². The van der Waals surface area contributed by atoms with Gasteiger partial charge in [-0.3, -0.25) is 0 Å². The molecule has 0 bridgehead atoms. The molecular formula is C32H22BrClF6N6O4S2. The van der Waals surface area contributed by atoms with Gasteiger partial charge >= 0.3 is 12.4 Å². The molecule has 0 radical (unpaired) electrons. The number of primary sulfonamides is 2. The van der Waals surface area contributed by atoms with Gasteiger partial charge in [0.1, 0.15) is 0 Å². The first-order chi connectivity index (χ1) is 24.1. The minimum Gasteiger partial charge on any atom is -0.233 e. The number of nitrogens with zero attached hydrogens (tertiary/aromatic N) is 4. The van der Waals surface area contributed by atoms with Crippen molar-refractivity contribution in [3.8, 4) is 33.9 Å². The standard InChI is InChI=1S/C16H11BrF3N3O2S.C16H11ClF3N3O2S/c17-11-3-1-10(2-4-11)14-9-15(16(18,19)20)22-23(14)12-5-7-13(8-6-12)26(21,24)25;17-11-3-1-2-10(8-11)14-9-15(16(18,19)20)22-23(14)12-4-6-13(7-5-12)26(21,24)25/h2*1-9H,(H2,21,24,25). The van der Waals surface area contributed by atoms with Crippen molar-refractivity contribution >= 4 is 47.6 Å². The molecular weight excluding hydrogens is 826 g/mol. The molecule has 0 atom stereocenters. The minimum atomic E-state index is -4.64. The van der Waals surface area contributed by atoms with E-state index in [0.29, 0.717) is 16.1 Å². The first-order valence-corrected chi connectivity index (χ1v) is 18.5. The normalized spacial score (nSPS) is 12.3. The maximum atomic E-state index is 13.1. The monoisotopic (exact) mass is 846 g/mol. The summed E-state index contributed by atoms with van der Waals surface area (Å²) in [6, 6.07) is 25.0. The lowest BCUT2D eigenvalue weighted by atomic mass is 10.1.